The molecule has 0 unspecified atom stereocenters. The molecule has 0 aliphatic carbocycles. The molecule has 0 bridgehead atoms. The zero-order chi connectivity index (χ0) is 18.0. The van der Waals surface area contributed by atoms with Crippen LogP contribution >= 0.6 is 23.2 Å². The number of ketones is 1. The molecule has 0 saturated carbocycles. The second-order valence-corrected chi connectivity index (χ2v) is 6.20. The average Bonchev–Trinajstić information content (AvgIpc) is 3.08. The predicted molar refractivity (Wildman–Crippen MR) is 98.6 cm³/mol. The highest BCUT2D eigenvalue weighted by atomic mass is 35.5. The largest absolute Gasteiger partial charge is 0.451 e. The van der Waals surface area contributed by atoms with Gasteiger partial charge in [-0.05, 0) is 49.4 Å². The number of furan rings is 1. The summed E-state index contributed by atoms with van der Waals surface area (Å²) in [5, 5.41) is 3.56. The van der Waals surface area contributed by atoms with Crippen molar-refractivity contribution in [2.75, 3.05) is 5.32 Å². The third-order valence-corrected chi connectivity index (χ3v) is 4.30. The van der Waals surface area contributed by atoms with Crippen LogP contribution in [-0.4, -0.2) is 11.7 Å². The molecule has 1 amide bonds. The van der Waals surface area contributed by atoms with Gasteiger partial charge in [0, 0.05) is 16.8 Å². The molecule has 3 aromatic rings. The number of carbonyl (C=O) groups excluding carboxylic acids is 2. The van der Waals surface area contributed by atoms with E-state index in [9.17, 15) is 9.59 Å². The molecule has 0 aliphatic rings. The van der Waals surface area contributed by atoms with Crippen LogP contribution in [0.3, 0.4) is 0 Å². The van der Waals surface area contributed by atoms with Crippen molar-refractivity contribution in [2.24, 2.45) is 0 Å². The van der Waals surface area contributed by atoms with Crippen LogP contribution in [0.1, 0.15) is 27.8 Å². The lowest BCUT2D eigenvalue weighted by Crippen LogP contribution is -2.11. The molecule has 6 heteroatoms. The van der Waals surface area contributed by atoms with E-state index < -0.39 is 5.91 Å². The van der Waals surface area contributed by atoms with Crippen molar-refractivity contribution in [3.8, 4) is 11.3 Å². The van der Waals surface area contributed by atoms with Gasteiger partial charge in [0.05, 0.1) is 10.0 Å². The first-order valence-corrected chi connectivity index (χ1v) is 8.17. The van der Waals surface area contributed by atoms with Crippen LogP contribution < -0.4 is 5.32 Å². The van der Waals surface area contributed by atoms with Gasteiger partial charge >= 0.3 is 0 Å². The monoisotopic (exact) mass is 373 g/mol. The number of amides is 1. The van der Waals surface area contributed by atoms with Crippen LogP contribution in [0, 0.1) is 0 Å². The van der Waals surface area contributed by atoms with Crippen LogP contribution in [0.4, 0.5) is 5.69 Å². The third kappa shape index (κ3) is 3.92. The second-order valence-electron chi connectivity index (χ2n) is 5.38. The molecular formula is C19H13Cl2NO3. The fourth-order valence-corrected chi connectivity index (χ4v) is 2.57. The van der Waals surface area contributed by atoms with Crippen LogP contribution in [0.25, 0.3) is 11.3 Å². The summed E-state index contributed by atoms with van der Waals surface area (Å²) < 4.78 is 5.60. The van der Waals surface area contributed by atoms with Gasteiger partial charge in [-0.2, -0.15) is 0 Å². The number of nitrogens with one attached hydrogen (secondary N) is 1. The second kappa shape index (κ2) is 7.13. The Morgan fingerprint density at radius 1 is 0.960 bits per heavy atom. The van der Waals surface area contributed by atoms with E-state index >= 15 is 0 Å². The molecule has 2 aromatic carbocycles. The number of Topliss-reactive ketones (excluding diaryl/α,β-unsaturated/α-hetero) is 1. The number of carbonyl (C=O) groups is 2. The van der Waals surface area contributed by atoms with E-state index in [2.05, 4.69) is 5.32 Å². The zero-order valence-corrected chi connectivity index (χ0v) is 14.7. The van der Waals surface area contributed by atoms with Gasteiger partial charge in [-0.15, -0.1) is 0 Å². The minimum absolute atomic E-state index is 0.0731. The van der Waals surface area contributed by atoms with E-state index in [1.54, 1.807) is 54.6 Å². The third-order valence-electron chi connectivity index (χ3n) is 3.56. The molecule has 4 nitrogen and oxygen atoms in total. The van der Waals surface area contributed by atoms with Crippen molar-refractivity contribution >= 4 is 40.6 Å². The van der Waals surface area contributed by atoms with Crippen LogP contribution in [0.5, 0.6) is 0 Å². The zero-order valence-electron chi connectivity index (χ0n) is 13.2. The number of benzene rings is 2. The molecule has 0 saturated heterocycles. The summed E-state index contributed by atoms with van der Waals surface area (Å²) >= 11 is 11.9. The number of anilines is 1. The first-order valence-electron chi connectivity index (χ1n) is 7.41. The van der Waals surface area contributed by atoms with Gasteiger partial charge in [0.15, 0.2) is 11.5 Å². The minimum Gasteiger partial charge on any atom is -0.451 e. The minimum atomic E-state index is -0.410. The Labute approximate surface area is 154 Å². The Morgan fingerprint density at radius 2 is 1.76 bits per heavy atom. The maximum Gasteiger partial charge on any atom is 0.291 e. The average molecular weight is 374 g/mol. The lowest BCUT2D eigenvalue weighted by Gasteiger charge is -2.05. The Bertz CT molecular complexity index is 963. The highest BCUT2D eigenvalue weighted by Gasteiger charge is 2.14. The Balaban J connectivity index is 1.80. The lowest BCUT2D eigenvalue weighted by atomic mass is 10.1. The number of rotatable bonds is 4. The van der Waals surface area contributed by atoms with Crippen molar-refractivity contribution < 1.29 is 14.0 Å². The summed E-state index contributed by atoms with van der Waals surface area (Å²) in [6.07, 6.45) is 0. The predicted octanol–water partition coefficient (Wildman–Crippen LogP) is 5.71. The van der Waals surface area contributed by atoms with Gasteiger partial charge in [0.25, 0.3) is 5.91 Å². The van der Waals surface area contributed by atoms with Gasteiger partial charge in [-0.25, -0.2) is 0 Å². The highest BCUT2D eigenvalue weighted by molar-refractivity contribution is 6.42. The summed E-state index contributed by atoms with van der Waals surface area (Å²) in [5.41, 5.74) is 1.76. The van der Waals surface area contributed by atoms with E-state index in [0.29, 0.717) is 32.6 Å². The fourth-order valence-electron chi connectivity index (χ4n) is 2.27. The Hall–Kier alpha value is -2.56. The standard InChI is InChI=1S/C19H13Cl2NO3/c1-11(23)12-3-2-4-14(9-12)22-19(24)18-8-7-17(25-18)13-5-6-15(20)16(21)10-13/h2-10H,1H3,(H,22,24). The summed E-state index contributed by atoms with van der Waals surface area (Å²) in [5.74, 6) is 0.165. The maximum absolute atomic E-state index is 12.3. The van der Waals surface area contributed by atoms with Gasteiger partial charge in [0.1, 0.15) is 5.76 Å². The molecule has 0 spiro atoms. The van der Waals surface area contributed by atoms with E-state index in [-0.39, 0.29) is 11.5 Å². The van der Waals surface area contributed by atoms with Crippen molar-refractivity contribution in [1.82, 2.24) is 0 Å². The van der Waals surface area contributed by atoms with Crippen molar-refractivity contribution in [2.45, 2.75) is 6.92 Å². The molecular weight excluding hydrogens is 361 g/mol. The number of halogens is 2. The topological polar surface area (TPSA) is 59.3 Å². The SMILES string of the molecule is CC(=O)c1cccc(NC(=O)c2ccc(-c3ccc(Cl)c(Cl)c3)o2)c1. The van der Waals surface area contributed by atoms with E-state index in [1.165, 1.54) is 6.92 Å². The van der Waals surface area contributed by atoms with Crippen LogP contribution in [-0.2, 0) is 0 Å². The Kier molecular flexibility index (Phi) is 4.93. The molecule has 25 heavy (non-hydrogen) atoms. The maximum atomic E-state index is 12.3. The summed E-state index contributed by atoms with van der Waals surface area (Å²) in [7, 11) is 0. The molecule has 0 atom stereocenters. The first-order chi connectivity index (χ1) is 11.9. The Morgan fingerprint density at radius 3 is 2.48 bits per heavy atom. The number of hydrogen-bond donors (Lipinski definition) is 1. The quantitative estimate of drug-likeness (QED) is 0.595. The van der Waals surface area contributed by atoms with Gasteiger partial charge < -0.3 is 9.73 Å². The van der Waals surface area contributed by atoms with E-state index in [4.69, 9.17) is 27.6 Å². The molecule has 0 radical (unpaired) electrons. The molecule has 0 aliphatic heterocycles. The summed E-state index contributed by atoms with van der Waals surface area (Å²) in [4.78, 5) is 23.7. The van der Waals surface area contributed by atoms with E-state index in [0.717, 1.165) is 0 Å². The normalized spacial score (nSPS) is 10.5. The molecule has 126 valence electrons. The molecule has 1 heterocycles. The smallest absolute Gasteiger partial charge is 0.291 e. The molecule has 3 rings (SSSR count). The van der Waals surface area contributed by atoms with Crippen molar-refractivity contribution in [3.63, 3.8) is 0 Å². The van der Waals surface area contributed by atoms with E-state index in [1.807, 2.05) is 0 Å². The fraction of sp³-hybridized carbons (Fsp3) is 0.0526. The van der Waals surface area contributed by atoms with Crippen molar-refractivity contribution in [3.05, 3.63) is 76.0 Å². The summed E-state index contributed by atoms with van der Waals surface area (Å²) in [6, 6.07) is 15.0. The van der Waals surface area contributed by atoms with Gasteiger partial charge in [-0.3, -0.25) is 9.59 Å². The number of hydrogen-bond acceptors (Lipinski definition) is 3. The molecule has 0 fully saturated rings. The van der Waals surface area contributed by atoms with Crippen LogP contribution in [0.2, 0.25) is 10.0 Å². The van der Waals surface area contributed by atoms with Gasteiger partial charge in [0.2, 0.25) is 0 Å². The van der Waals surface area contributed by atoms with Gasteiger partial charge in [-0.1, -0.05) is 35.3 Å². The van der Waals surface area contributed by atoms with Crippen LogP contribution in [0.15, 0.2) is 59.0 Å². The summed E-state index contributed by atoms with van der Waals surface area (Å²) in [6.45, 7) is 1.47. The first kappa shape index (κ1) is 17.3. The molecule has 1 N–H and O–H groups in total. The highest BCUT2D eigenvalue weighted by Crippen LogP contribution is 2.29. The van der Waals surface area contributed by atoms with Crippen molar-refractivity contribution in [1.29, 1.82) is 0 Å². The lowest BCUT2D eigenvalue weighted by molar-refractivity contribution is 0.0992. The molecule has 1 aromatic heterocycles.